The second-order valence-corrected chi connectivity index (χ2v) is 7.47. The highest BCUT2D eigenvalue weighted by Crippen LogP contribution is 2.12. The highest BCUT2D eigenvalue weighted by Gasteiger charge is 2.23. The second kappa shape index (κ2) is 22.0. The Bertz CT molecular complexity index is 425. The van der Waals surface area contributed by atoms with Gasteiger partial charge < -0.3 is 43.4 Å². The molecule has 0 aromatic heterocycles. The molecule has 1 heterocycles. The number of likely N-dealkylation sites (N-methyl/N-ethyl adjacent to an activating group) is 1. The lowest BCUT2D eigenvalue weighted by atomic mass is 9.98. The Hall–Kier alpha value is -0.850. The standard InChI is InChI=1S/C22H44N2O8/c1-24(22(25)21-4-3-5-23-20-21)6-7-27-10-11-29-14-15-31-18-19-32-17-16-30-13-12-28-9-8-26-2/h21,23H,3-20H2,1-2H3. The Morgan fingerprint density at radius 1 is 0.750 bits per heavy atom. The van der Waals surface area contributed by atoms with Gasteiger partial charge in [-0.05, 0) is 19.4 Å². The Kier molecular flexibility index (Phi) is 20.0. The third-order valence-electron chi connectivity index (χ3n) is 4.89. The second-order valence-electron chi connectivity index (χ2n) is 7.47. The molecule has 0 aliphatic carbocycles. The van der Waals surface area contributed by atoms with Crippen LogP contribution in [0.2, 0.25) is 0 Å². The number of nitrogens with zero attached hydrogens (tertiary/aromatic N) is 1. The molecule has 1 atom stereocenters. The number of methoxy groups -OCH3 is 1. The molecule has 1 unspecified atom stereocenters. The van der Waals surface area contributed by atoms with Gasteiger partial charge in [0, 0.05) is 27.2 Å². The average Bonchev–Trinajstić information content (AvgIpc) is 2.82. The fourth-order valence-electron chi connectivity index (χ4n) is 3.03. The third kappa shape index (κ3) is 16.7. The first-order valence-electron chi connectivity index (χ1n) is 11.7. The van der Waals surface area contributed by atoms with E-state index in [1.807, 2.05) is 7.05 Å². The van der Waals surface area contributed by atoms with E-state index >= 15 is 0 Å². The van der Waals surface area contributed by atoms with Crippen molar-refractivity contribution in [3.63, 3.8) is 0 Å². The van der Waals surface area contributed by atoms with Crippen molar-refractivity contribution in [1.29, 1.82) is 0 Å². The summed E-state index contributed by atoms with van der Waals surface area (Å²) in [6.45, 7) is 9.40. The molecule has 10 nitrogen and oxygen atoms in total. The summed E-state index contributed by atoms with van der Waals surface area (Å²) in [7, 11) is 3.49. The van der Waals surface area contributed by atoms with Crippen LogP contribution in [0.4, 0.5) is 0 Å². The monoisotopic (exact) mass is 464 g/mol. The summed E-state index contributed by atoms with van der Waals surface area (Å²) in [5, 5.41) is 3.28. The van der Waals surface area contributed by atoms with E-state index in [9.17, 15) is 4.79 Å². The first kappa shape index (κ1) is 29.2. The van der Waals surface area contributed by atoms with Crippen LogP contribution in [0, 0.1) is 5.92 Å². The first-order valence-corrected chi connectivity index (χ1v) is 11.7. The van der Waals surface area contributed by atoms with Gasteiger partial charge in [-0.25, -0.2) is 0 Å². The fraction of sp³-hybridized carbons (Fsp3) is 0.955. The summed E-state index contributed by atoms with van der Waals surface area (Å²) >= 11 is 0. The minimum absolute atomic E-state index is 0.104. The van der Waals surface area contributed by atoms with Gasteiger partial charge >= 0.3 is 0 Å². The van der Waals surface area contributed by atoms with Crippen molar-refractivity contribution in [2.45, 2.75) is 12.8 Å². The molecule has 1 fully saturated rings. The molecule has 1 aliphatic rings. The van der Waals surface area contributed by atoms with Gasteiger partial charge in [-0.3, -0.25) is 4.79 Å². The molecule has 1 amide bonds. The van der Waals surface area contributed by atoms with E-state index in [-0.39, 0.29) is 11.8 Å². The minimum atomic E-state index is 0.104. The number of nitrogens with one attached hydrogen (secondary N) is 1. The van der Waals surface area contributed by atoms with Gasteiger partial charge in [0.25, 0.3) is 0 Å². The number of carbonyl (C=O) groups excluding carboxylic acids is 1. The molecule has 1 saturated heterocycles. The Balaban J connectivity index is 1.73. The van der Waals surface area contributed by atoms with Crippen LogP contribution in [0.3, 0.4) is 0 Å². The molecule has 1 rings (SSSR count). The summed E-state index contributed by atoms with van der Waals surface area (Å²) in [5.74, 6) is 0.307. The zero-order valence-electron chi connectivity index (χ0n) is 20.0. The molecule has 0 bridgehead atoms. The van der Waals surface area contributed by atoms with Crippen LogP contribution >= 0.6 is 0 Å². The number of hydrogen-bond acceptors (Lipinski definition) is 9. The molecule has 1 aliphatic heterocycles. The van der Waals surface area contributed by atoms with Crippen LogP contribution in [0.5, 0.6) is 0 Å². The molecular formula is C22H44N2O8. The quantitative estimate of drug-likeness (QED) is 0.225. The lowest BCUT2D eigenvalue weighted by molar-refractivity contribution is -0.135. The first-order chi connectivity index (χ1) is 15.8. The summed E-state index contributed by atoms with van der Waals surface area (Å²) in [6, 6.07) is 0. The largest absolute Gasteiger partial charge is 0.382 e. The highest BCUT2D eigenvalue weighted by atomic mass is 16.6. The third-order valence-corrected chi connectivity index (χ3v) is 4.89. The summed E-state index contributed by atoms with van der Waals surface area (Å²) < 4.78 is 37.4. The minimum Gasteiger partial charge on any atom is -0.382 e. The van der Waals surface area contributed by atoms with E-state index in [0.29, 0.717) is 92.4 Å². The molecule has 0 aromatic carbocycles. The lowest BCUT2D eigenvalue weighted by Crippen LogP contribution is -2.42. The normalized spacial score (nSPS) is 16.4. The predicted octanol–water partition coefficient (Wildman–Crippen LogP) is 0.190. The summed E-state index contributed by atoms with van der Waals surface area (Å²) in [4.78, 5) is 14.1. The molecular weight excluding hydrogens is 420 g/mol. The predicted molar refractivity (Wildman–Crippen MR) is 120 cm³/mol. The lowest BCUT2D eigenvalue weighted by Gasteiger charge is -2.26. The molecule has 32 heavy (non-hydrogen) atoms. The molecule has 1 N–H and O–H groups in total. The van der Waals surface area contributed by atoms with Gasteiger partial charge in [0.15, 0.2) is 0 Å². The molecule has 0 aromatic rings. The number of piperidine rings is 1. The van der Waals surface area contributed by atoms with E-state index in [0.717, 1.165) is 25.9 Å². The van der Waals surface area contributed by atoms with Gasteiger partial charge in [-0.15, -0.1) is 0 Å². The van der Waals surface area contributed by atoms with Crippen molar-refractivity contribution in [1.82, 2.24) is 10.2 Å². The van der Waals surface area contributed by atoms with E-state index < -0.39 is 0 Å². The van der Waals surface area contributed by atoms with Crippen molar-refractivity contribution < 1.29 is 38.0 Å². The number of ether oxygens (including phenoxy) is 7. The van der Waals surface area contributed by atoms with Crippen LogP contribution < -0.4 is 5.32 Å². The van der Waals surface area contributed by atoms with Gasteiger partial charge in [0.1, 0.15) is 0 Å². The van der Waals surface area contributed by atoms with Crippen molar-refractivity contribution in [2.24, 2.45) is 5.92 Å². The van der Waals surface area contributed by atoms with Crippen molar-refractivity contribution in [2.75, 3.05) is 120 Å². The van der Waals surface area contributed by atoms with Gasteiger partial charge in [0.2, 0.25) is 5.91 Å². The van der Waals surface area contributed by atoms with E-state index in [1.165, 1.54) is 0 Å². The number of rotatable bonds is 22. The summed E-state index contributed by atoms with van der Waals surface area (Å²) in [5.41, 5.74) is 0. The molecule has 190 valence electrons. The molecule has 0 spiro atoms. The van der Waals surface area contributed by atoms with Gasteiger partial charge in [0.05, 0.1) is 91.8 Å². The zero-order valence-corrected chi connectivity index (χ0v) is 20.0. The van der Waals surface area contributed by atoms with E-state index in [1.54, 1.807) is 12.0 Å². The Morgan fingerprint density at radius 3 is 1.59 bits per heavy atom. The SMILES string of the molecule is COCCOCCOCCOCCOCCOCCOCCN(C)C(=O)C1CCCNC1. The molecule has 0 radical (unpaired) electrons. The maximum Gasteiger partial charge on any atom is 0.226 e. The number of hydrogen-bond donors (Lipinski definition) is 1. The number of amides is 1. The fourth-order valence-corrected chi connectivity index (χ4v) is 3.03. The zero-order chi connectivity index (χ0) is 23.1. The van der Waals surface area contributed by atoms with Crippen LogP contribution in [0.15, 0.2) is 0 Å². The summed E-state index contributed by atoms with van der Waals surface area (Å²) in [6.07, 6.45) is 2.04. The number of carbonyl (C=O) groups is 1. The topological polar surface area (TPSA) is 97.0 Å². The van der Waals surface area contributed by atoms with Crippen LogP contribution in [0.25, 0.3) is 0 Å². The molecule has 0 saturated carbocycles. The average molecular weight is 465 g/mol. The maximum absolute atomic E-state index is 12.3. The van der Waals surface area contributed by atoms with Gasteiger partial charge in [-0.2, -0.15) is 0 Å². The van der Waals surface area contributed by atoms with Crippen LogP contribution in [-0.4, -0.2) is 130 Å². The van der Waals surface area contributed by atoms with Crippen LogP contribution in [-0.2, 0) is 38.0 Å². The van der Waals surface area contributed by atoms with E-state index in [2.05, 4.69) is 5.32 Å². The van der Waals surface area contributed by atoms with Crippen molar-refractivity contribution in [3.05, 3.63) is 0 Å². The Morgan fingerprint density at radius 2 is 1.19 bits per heavy atom. The highest BCUT2D eigenvalue weighted by molar-refractivity contribution is 5.78. The van der Waals surface area contributed by atoms with Crippen molar-refractivity contribution >= 4 is 5.91 Å². The van der Waals surface area contributed by atoms with E-state index in [4.69, 9.17) is 33.2 Å². The molecule has 10 heteroatoms. The van der Waals surface area contributed by atoms with Gasteiger partial charge in [-0.1, -0.05) is 0 Å². The van der Waals surface area contributed by atoms with Crippen LogP contribution in [0.1, 0.15) is 12.8 Å². The smallest absolute Gasteiger partial charge is 0.226 e. The maximum atomic E-state index is 12.3. The van der Waals surface area contributed by atoms with Crippen molar-refractivity contribution in [3.8, 4) is 0 Å². The Labute approximate surface area is 193 Å².